The molecule has 3 nitrogen and oxygen atoms in total. The number of benzene rings is 5. The van der Waals surface area contributed by atoms with Gasteiger partial charge in [0.2, 0.25) is 0 Å². The van der Waals surface area contributed by atoms with E-state index >= 15 is 0 Å². The lowest BCUT2D eigenvalue weighted by molar-refractivity contribution is 0.0990. The molecule has 0 bridgehead atoms. The van der Waals surface area contributed by atoms with Gasteiger partial charge >= 0.3 is 0 Å². The first-order chi connectivity index (χ1) is 23.6. The van der Waals surface area contributed by atoms with Crippen molar-refractivity contribution in [2.75, 3.05) is 4.90 Å². The number of halogens is 2. The van der Waals surface area contributed by atoms with E-state index in [2.05, 4.69) is 118 Å². The van der Waals surface area contributed by atoms with Gasteiger partial charge in [-0.05, 0) is 97.0 Å². The average Bonchev–Trinajstić information content (AvgIpc) is 3.69. The fourth-order valence-corrected chi connectivity index (χ4v) is 9.64. The van der Waals surface area contributed by atoms with Gasteiger partial charge in [-0.15, -0.1) is 11.3 Å². The zero-order valence-corrected chi connectivity index (χ0v) is 28.1. The first-order valence-corrected chi connectivity index (χ1v) is 17.0. The lowest BCUT2D eigenvalue weighted by Gasteiger charge is -2.44. The van der Waals surface area contributed by atoms with Crippen LogP contribution in [0.1, 0.15) is 70.1 Å². The van der Waals surface area contributed by atoms with Gasteiger partial charge < -0.3 is 4.90 Å². The maximum atomic E-state index is 14.2. The number of carbonyl (C=O) groups excluding carboxylic acids is 2. The molecule has 1 aromatic heterocycles. The first kappa shape index (κ1) is 29.7. The molecule has 1 aliphatic heterocycles. The van der Waals surface area contributed by atoms with Crippen molar-refractivity contribution in [2.45, 2.75) is 33.1 Å². The molecule has 0 unspecified atom stereocenters. The number of Topliss-reactive ketones (excluding diaryl/α,β-unsaturated/α-hetero) is 2. The third-order valence-corrected chi connectivity index (χ3v) is 11.3. The Bertz CT molecular complexity index is 2410. The molecular formula is C43H29F2NO2S. The quantitative estimate of drug-likeness (QED) is 0.137. The molecule has 6 aromatic rings. The van der Waals surface area contributed by atoms with Gasteiger partial charge in [0.05, 0.1) is 22.4 Å². The summed E-state index contributed by atoms with van der Waals surface area (Å²) in [5.41, 5.74) is 12.6. The second-order valence-corrected chi connectivity index (χ2v) is 14.4. The number of carbonyl (C=O) groups is 2. The van der Waals surface area contributed by atoms with Crippen molar-refractivity contribution < 1.29 is 18.4 Å². The maximum Gasteiger partial charge on any atom is 0.197 e. The first-order valence-electron chi connectivity index (χ1n) is 16.2. The van der Waals surface area contributed by atoms with E-state index in [-0.39, 0.29) is 16.7 Å². The van der Waals surface area contributed by atoms with Gasteiger partial charge in [0.25, 0.3) is 0 Å². The van der Waals surface area contributed by atoms with E-state index in [4.69, 9.17) is 0 Å². The molecule has 6 heteroatoms. The van der Waals surface area contributed by atoms with Crippen LogP contribution in [0.3, 0.4) is 0 Å². The summed E-state index contributed by atoms with van der Waals surface area (Å²) in [6.07, 6.45) is 1.60. The molecular weight excluding hydrogens is 633 g/mol. The minimum absolute atomic E-state index is 0.0949. The van der Waals surface area contributed by atoms with E-state index in [1.807, 2.05) is 0 Å². The van der Waals surface area contributed by atoms with Crippen LogP contribution in [0.5, 0.6) is 0 Å². The minimum Gasteiger partial charge on any atom is -0.301 e. The molecule has 3 aliphatic rings. The molecule has 9 rings (SSSR count). The summed E-state index contributed by atoms with van der Waals surface area (Å²) in [7, 11) is 0. The number of thiophene rings is 1. The van der Waals surface area contributed by atoms with E-state index in [1.54, 1.807) is 6.08 Å². The Morgan fingerprint density at radius 1 is 0.612 bits per heavy atom. The molecule has 0 atom stereocenters. The number of anilines is 3. The highest BCUT2D eigenvalue weighted by molar-refractivity contribution is 7.17. The summed E-state index contributed by atoms with van der Waals surface area (Å²) in [5, 5.41) is 0.984. The lowest BCUT2D eigenvalue weighted by Crippen LogP contribution is -2.35. The van der Waals surface area contributed by atoms with Gasteiger partial charge in [0, 0.05) is 21.6 Å². The van der Waals surface area contributed by atoms with E-state index in [0.29, 0.717) is 4.88 Å². The Morgan fingerprint density at radius 3 is 1.78 bits per heavy atom. The number of nitrogens with zero attached hydrogens (tertiary/aromatic N) is 1. The summed E-state index contributed by atoms with van der Waals surface area (Å²) < 4.78 is 28.4. The second-order valence-electron chi connectivity index (χ2n) is 13.3. The van der Waals surface area contributed by atoms with E-state index in [0.717, 1.165) is 56.3 Å². The standard InChI is InChI=1S/C43H29F2NO2S/c1-22-13-14-38-34(17-22)43(32-11-7-5-9-27(32)28-10-6-8-12-33(28)43)35-19-26(49-42(35)46(38)39-24(3)15-23(2)16-25(39)4)18-31-40(47)29-20-36(44)37(45)21-30(29)41(31)48/h5-21H,1-4H3. The number of allylic oxidation sites excluding steroid dienone is 1. The summed E-state index contributed by atoms with van der Waals surface area (Å²) in [4.78, 5) is 30.1. The van der Waals surface area contributed by atoms with E-state index in [1.165, 1.54) is 39.2 Å². The number of rotatable bonds is 2. The van der Waals surface area contributed by atoms with Crippen LogP contribution in [0, 0.1) is 39.3 Å². The van der Waals surface area contributed by atoms with Crippen LogP contribution in [0.15, 0.2) is 103 Å². The summed E-state index contributed by atoms with van der Waals surface area (Å²) in [5.74, 6) is -3.50. The molecule has 0 N–H and O–H groups in total. The molecule has 2 heterocycles. The molecule has 0 amide bonds. The predicted octanol–water partition coefficient (Wildman–Crippen LogP) is 10.9. The fraction of sp³-hybridized carbons (Fsp3) is 0.116. The van der Waals surface area contributed by atoms with Crippen molar-refractivity contribution >= 4 is 45.4 Å². The molecule has 0 fully saturated rings. The van der Waals surface area contributed by atoms with Gasteiger partial charge in [-0.1, -0.05) is 83.9 Å². The summed E-state index contributed by atoms with van der Waals surface area (Å²) in [6, 6.07) is 31.9. The maximum absolute atomic E-state index is 14.2. The third kappa shape index (κ3) is 3.92. The van der Waals surface area contributed by atoms with Crippen LogP contribution < -0.4 is 4.90 Å². The Kier molecular flexibility index (Phi) is 6.22. The molecule has 0 radical (unpaired) electrons. The molecule has 1 spiro atoms. The van der Waals surface area contributed by atoms with E-state index < -0.39 is 28.6 Å². The number of fused-ring (bicyclic) bond motifs is 10. The van der Waals surface area contributed by atoms with Gasteiger partial charge in [-0.25, -0.2) is 8.78 Å². The molecule has 238 valence electrons. The topological polar surface area (TPSA) is 37.4 Å². The Hall–Kier alpha value is -5.46. The van der Waals surface area contributed by atoms with Crippen LogP contribution in [-0.2, 0) is 5.41 Å². The van der Waals surface area contributed by atoms with Crippen molar-refractivity contribution in [2.24, 2.45) is 0 Å². The Labute approximate surface area is 286 Å². The smallest absolute Gasteiger partial charge is 0.197 e. The second kappa shape index (κ2) is 10.3. The molecule has 0 saturated heterocycles. The van der Waals surface area contributed by atoms with Crippen LogP contribution in [0.25, 0.3) is 17.2 Å². The van der Waals surface area contributed by atoms with Crippen molar-refractivity contribution in [3.63, 3.8) is 0 Å². The highest BCUT2D eigenvalue weighted by Crippen LogP contribution is 2.65. The van der Waals surface area contributed by atoms with Crippen LogP contribution in [0.2, 0.25) is 0 Å². The van der Waals surface area contributed by atoms with Gasteiger partial charge in [0.1, 0.15) is 5.00 Å². The van der Waals surface area contributed by atoms with Crippen LogP contribution >= 0.6 is 11.3 Å². The fourth-order valence-electron chi connectivity index (χ4n) is 8.46. The molecule has 0 saturated carbocycles. The Balaban J connectivity index is 1.38. The number of hydrogen-bond donors (Lipinski definition) is 0. The largest absolute Gasteiger partial charge is 0.301 e. The minimum atomic E-state index is -1.15. The van der Waals surface area contributed by atoms with Gasteiger partial charge in [0.15, 0.2) is 23.2 Å². The average molecular weight is 662 g/mol. The van der Waals surface area contributed by atoms with Gasteiger partial charge in [-0.3, -0.25) is 9.59 Å². The molecule has 5 aromatic carbocycles. The van der Waals surface area contributed by atoms with Crippen molar-refractivity contribution in [3.05, 3.63) is 175 Å². The van der Waals surface area contributed by atoms with Crippen molar-refractivity contribution in [3.8, 4) is 11.1 Å². The number of aryl methyl sites for hydroxylation is 4. The number of ketones is 2. The van der Waals surface area contributed by atoms with Crippen LogP contribution in [0.4, 0.5) is 25.2 Å². The zero-order valence-electron chi connectivity index (χ0n) is 27.2. The number of hydrogen-bond acceptors (Lipinski definition) is 4. The summed E-state index contributed by atoms with van der Waals surface area (Å²) >= 11 is 1.51. The SMILES string of the molecule is Cc1cc(C)c(N2c3ccc(C)cc3C3(c4ccccc4-c4ccccc43)c3cc(C=C4C(=O)c5cc(F)c(F)cc5C4=O)sc32)c(C)c1. The Morgan fingerprint density at radius 2 is 1.18 bits per heavy atom. The molecule has 49 heavy (non-hydrogen) atoms. The highest BCUT2D eigenvalue weighted by atomic mass is 32.1. The lowest BCUT2D eigenvalue weighted by atomic mass is 9.65. The normalized spacial score (nSPS) is 14.9. The van der Waals surface area contributed by atoms with E-state index in [9.17, 15) is 18.4 Å². The van der Waals surface area contributed by atoms with Gasteiger partial charge in [-0.2, -0.15) is 0 Å². The third-order valence-electron chi connectivity index (χ3n) is 10.3. The van der Waals surface area contributed by atoms with Crippen molar-refractivity contribution in [1.82, 2.24) is 0 Å². The van der Waals surface area contributed by atoms with Crippen molar-refractivity contribution in [1.29, 1.82) is 0 Å². The monoisotopic (exact) mass is 661 g/mol. The summed E-state index contributed by atoms with van der Waals surface area (Å²) in [6.45, 7) is 8.49. The van der Waals surface area contributed by atoms with Crippen LogP contribution in [-0.4, -0.2) is 11.6 Å². The highest BCUT2D eigenvalue weighted by Gasteiger charge is 2.53. The zero-order chi connectivity index (χ0) is 33.9. The molecule has 2 aliphatic carbocycles. The predicted molar refractivity (Wildman–Crippen MR) is 192 cm³/mol.